The van der Waals surface area contributed by atoms with Gasteiger partial charge >= 0.3 is 0 Å². The lowest BCUT2D eigenvalue weighted by molar-refractivity contribution is 0.0450. The molecule has 152 valence electrons. The number of halogens is 1. The minimum Gasteiger partial charge on any atom is -0.394 e. The average molecular weight is 397 g/mol. The highest BCUT2D eigenvalue weighted by Crippen LogP contribution is 2.26. The van der Waals surface area contributed by atoms with Gasteiger partial charge < -0.3 is 15.2 Å². The van der Waals surface area contributed by atoms with Crippen molar-refractivity contribution >= 4 is 17.2 Å². The molecule has 29 heavy (non-hydrogen) atoms. The van der Waals surface area contributed by atoms with Crippen LogP contribution in [0.15, 0.2) is 59.2 Å². The normalized spacial score (nSPS) is 12.8. The molecule has 0 saturated carbocycles. The standard InChI is InChI=1S/C21H24FN5O2/c1-14(2)13-18(23-3)24-20-17-5-4-10-27(17)26-21(25-20)19(29-12-11-28)15-6-8-16(22)9-7-15/h4-10,13,19,28H,11-12H2,1-3H3,(H,23,24,25,26). The molecule has 3 aromatic rings. The zero-order valence-electron chi connectivity index (χ0n) is 16.6. The summed E-state index contributed by atoms with van der Waals surface area (Å²) in [6.45, 7) is 3.91. The largest absolute Gasteiger partial charge is 0.394 e. The fourth-order valence-corrected chi connectivity index (χ4v) is 2.83. The number of hydrogen-bond donors (Lipinski definition) is 2. The van der Waals surface area contributed by atoms with Gasteiger partial charge in [-0.25, -0.2) is 13.9 Å². The van der Waals surface area contributed by atoms with E-state index in [1.807, 2.05) is 38.3 Å². The second kappa shape index (κ2) is 9.40. The highest BCUT2D eigenvalue weighted by molar-refractivity contribution is 6.05. The van der Waals surface area contributed by atoms with Crippen LogP contribution in [0.3, 0.4) is 0 Å². The van der Waals surface area contributed by atoms with E-state index >= 15 is 0 Å². The van der Waals surface area contributed by atoms with E-state index < -0.39 is 6.10 Å². The number of aromatic nitrogens is 3. The predicted octanol–water partition coefficient (Wildman–Crippen LogP) is 3.37. The van der Waals surface area contributed by atoms with Crippen LogP contribution in [0.25, 0.3) is 5.52 Å². The van der Waals surface area contributed by atoms with Gasteiger partial charge in [-0.2, -0.15) is 0 Å². The number of nitrogens with one attached hydrogen (secondary N) is 1. The molecule has 7 nitrogen and oxygen atoms in total. The third-order valence-electron chi connectivity index (χ3n) is 4.10. The molecule has 0 amide bonds. The second-order valence-electron chi connectivity index (χ2n) is 6.64. The molecule has 0 radical (unpaired) electrons. The smallest absolute Gasteiger partial charge is 0.184 e. The SMILES string of the molecule is CN=C(C=C(C)C)Nc1nc(C(OCCO)c2ccc(F)cc2)nn2cccc12. The van der Waals surface area contributed by atoms with Crippen LogP contribution in [0, 0.1) is 5.82 Å². The Balaban J connectivity index is 2.07. The minimum absolute atomic E-state index is 0.0946. The number of allylic oxidation sites excluding steroid dienone is 1. The van der Waals surface area contributed by atoms with Gasteiger partial charge in [0.2, 0.25) is 0 Å². The van der Waals surface area contributed by atoms with Crippen LogP contribution >= 0.6 is 0 Å². The molecule has 2 aromatic heterocycles. The fraction of sp³-hybridized carbons (Fsp3) is 0.286. The van der Waals surface area contributed by atoms with E-state index in [-0.39, 0.29) is 19.0 Å². The number of nitrogens with zero attached hydrogens (tertiary/aromatic N) is 4. The lowest BCUT2D eigenvalue weighted by Crippen LogP contribution is -2.18. The van der Waals surface area contributed by atoms with E-state index in [1.54, 1.807) is 23.7 Å². The average Bonchev–Trinajstić information content (AvgIpc) is 3.17. The van der Waals surface area contributed by atoms with Crippen molar-refractivity contribution in [2.24, 2.45) is 4.99 Å². The molecule has 3 rings (SSSR count). The molecular formula is C21H24FN5O2. The highest BCUT2D eigenvalue weighted by Gasteiger charge is 2.21. The van der Waals surface area contributed by atoms with Crippen molar-refractivity contribution in [3.05, 3.63) is 71.4 Å². The van der Waals surface area contributed by atoms with Crippen LogP contribution < -0.4 is 5.32 Å². The van der Waals surface area contributed by atoms with Crippen LogP contribution in [-0.4, -0.2) is 45.8 Å². The number of aliphatic imine (C=N–C) groups is 1. The topological polar surface area (TPSA) is 84.0 Å². The zero-order chi connectivity index (χ0) is 20.8. The van der Waals surface area contributed by atoms with Crippen LogP contribution in [0.1, 0.15) is 31.3 Å². The van der Waals surface area contributed by atoms with Gasteiger partial charge in [-0.15, -0.1) is 5.10 Å². The third-order valence-corrected chi connectivity index (χ3v) is 4.10. The number of anilines is 1. The number of ether oxygens (including phenoxy) is 1. The van der Waals surface area contributed by atoms with Gasteiger partial charge in [0.15, 0.2) is 11.6 Å². The van der Waals surface area contributed by atoms with Crippen LogP contribution in [0.4, 0.5) is 10.2 Å². The van der Waals surface area contributed by atoms with Crippen molar-refractivity contribution in [3.63, 3.8) is 0 Å². The van der Waals surface area contributed by atoms with Crippen molar-refractivity contribution < 1.29 is 14.2 Å². The van der Waals surface area contributed by atoms with Gasteiger partial charge in [0, 0.05) is 13.2 Å². The predicted molar refractivity (Wildman–Crippen MR) is 111 cm³/mol. The van der Waals surface area contributed by atoms with Gasteiger partial charge in [0.05, 0.1) is 13.2 Å². The van der Waals surface area contributed by atoms with Crippen LogP contribution in [0.5, 0.6) is 0 Å². The molecule has 1 unspecified atom stereocenters. The Hall–Kier alpha value is -3.10. The lowest BCUT2D eigenvalue weighted by atomic mass is 10.1. The molecule has 0 fully saturated rings. The zero-order valence-corrected chi connectivity index (χ0v) is 16.6. The molecule has 1 aromatic carbocycles. The van der Waals surface area contributed by atoms with Crippen molar-refractivity contribution in [2.75, 3.05) is 25.6 Å². The van der Waals surface area contributed by atoms with Crippen LogP contribution in [-0.2, 0) is 4.74 Å². The molecule has 0 saturated heterocycles. The van der Waals surface area contributed by atoms with E-state index in [9.17, 15) is 9.50 Å². The number of fused-ring (bicyclic) bond motifs is 1. The molecule has 0 bridgehead atoms. The monoisotopic (exact) mass is 397 g/mol. The summed E-state index contributed by atoms with van der Waals surface area (Å²) < 4.78 is 20.9. The first-order chi connectivity index (χ1) is 14.0. The van der Waals surface area contributed by atoms with Gasteiger partial charge in [0.25, 0.3) is 0 Å². The Kier molecular flexibility index (Phi) is 6.69. The Morgan fingerprint density at radius 1 is 1.31 bits per heavy atom. The maximum Gasteiger partial charge on any atom is 0.184 e. The number of amidine groups is 1. The Morgan fingerprint density at radius 3 is 2.72 bits per heavy atom. The third kappa shape index (κ3) is 5.04. The van der Waals surface area contributed by atoms with Crippen LogP contribution in [0.2, 0.25) is 0 Å². The van der Waals surface area contributed by atoms with Gasteiger partial charge in [-0.05, 0) is 49.8 Å². The summed E-state index contributed by atoms with van der Waals surface area (Å²) in [6.07, 6.45) is 3.06. The number of rotatable bonds is 7. The summed E-state index contributed by atoms with van der Waals surface area (Å²) in [5.74, 6) is 1.26. The van der Waals surface area contributed by atoms with E-state index in [0.29, 0.717) is 23.0 Å². The number of hydrogen-bond acceptors (Lipinski definition) is 5. The lowest BCUT2D eigenvalue weighted by Gasteiger charge is -2.18. The quantitative estimate of drug-likeness (QED) is 0.472. The fourth-order valence-electron chi connectivity index (χ4n) is 2.83. The van der Waals surface area contributed by atoms with Gasteiger partial charge in [-0.3, -0.25) is 4.99 Å². The molecule has 2 N–H and O–H groups in total. The molecule has 8 heteroatoms. The Morgan fingerprint density at radius 2 is 2.07 bits per heavy atom. The Bertz CT molecular complexity index is 1020. The van der Waals surface area contributed by atoms with Crippen molar-refractivity contribution in [2.45, 2.75) is 20.0 Å². The number of aliphatic hydroxyl groups is 1. The first kappa shape index (κ1) is 20.6. The molecule has 0 aliphatic heterocycles. The van der Waals surface area contributed by atoms with Crippen molar-refractivity contribution in [3.8, 4) is 0 Å². The highest BCUT2D eigenvalue weighted by atomic mass is 19.1. The first-order valence-electron chi connectivity index (χ1n) is 9.23. The summed E-state index contributed by atoms with van der Waals surface area (Å²) in [4.78, 5) is 8.93. The van der Waals surface area contributed by atoms with E-state index in [1.165, 1.54) is 12.1 Å². The first-order valence-corrected chi connectivity index (χ1v) is 9.23. The molecule has 2 heterocycles. The number of aliphatic hydroxyl groups excluding tert-OH is 1. The minimum atomic E-state index is -0.666. The number of benzene rings is 1. The summed E-state index contributed by atoms with van der Waals surface area (Å²) in [5.41, 5.74) is 2.55. The molecule has 0 spiro atoms. The summed E-state index contributed by atoms with van der Waals surface area (Å²) in [7, 11) is 1.70. The van der Waals surface area contributed by atoms with Gasteiger partial charge in [0.1, 0.15) is 23.3 Å². The molecule has 1 atom stereocenters. The maximum atomic E-state index is 13.4. The summed E-state index contributed by atoms with van der Waals surface area (Å²) in [5, 5.41) is 17.0. The van der Waals surface area contributed by atoms with Crippen molar-refractivity contribution in [1.29, 1.82) is 0 Å². The van der Waals surface area contributed by atoms with E-state index in [0.717, 1.165) is 11.1 Å². The second-order valence-corrected chi connectivity index (χ2v) is 6.64. The molecular weight excluding hydrogens is 373 g/mol. The van der Waals surface area contributed by atoms with Crippen molar-refractivity contribution in [1.82, 2.24) is 14.6 Å². The van der Waals surface area contributed by atoms with E-state index in [4.69, 9.17) is 4.74 Å². The molecule has 0 aliphatic rings. The van der Waals surface area contributed by atoms with E-state index in [2.05, 4.69) is 20.4 Å². The molecule has 0 aliphatic carbocycles. The van der Waals surface area contributed by atoms with Gasteiger partial charge in [-0.1, -0.05) is 17.7 Å². The summed E-state index contributed by atoms with van der Waals surface area (Å²) in [6, 6.07) is 9.71. The Labute approximate surface area is 168 Å². The summed E-state index contributed by atoms with van der Waals surface area (Å²) >= 11 is 0. The maximum absolute atomic E-state index is 13.4.